The van der Waals surface area contributed by atoms with Crippen molar-refractivity contribution in [2.24, 2.45) is 16.1 Å². The molecule has 12 nitrogen and oxygen atoms in total. The van der Waals surface area contributed by atoms with Gasteiger partial charge in [-0.1, -0.05) is 24.3 Å². The number of allylic oxidation sites excluding steroid dienone is 6. The topological polar surface area (TPSA) is 134 Å². The first-order chi connectivity index (χ1) is 19.1. The predicted octanol–water partition coefficient (Wildman–Crippen LogP) is 2.78. The van der Waals surface area contributed by atoms with Gasteiger partial charge in [0.2, 0.25) is 0 Å². The van der Waals surface area contributed by atoms with Crippen molar-refractivity contribution in [2.45, 2.75) is 13.0 Å². The number of carbonyl (C=O) groups excluding carboxylic acids is 3. The fourth-order valence-electron chi connectivity index (χ4n) is 4.80. The van der Waals surface area contributed by atoms with E-state index in [1.54, 1.807) is 24.7 Å². The molecule has 1 unspecified atom stereocenters. The van der Waals surface area contributed by atoms with Crippen molar-refractivity contribution >= 4 is 34.1 Å². The Labute approximate surface area is 228 Å². The lowest BCUT2D eigenvalue weighted by Gasteiger charge is -2.36. The number of anilines is 1. The minimum absolute atomic E-state index is 0.134. The highest BCUT2D eigenvalue weighted by Crippen LogP contribution is 2.42. The Morgan fingerprint density at radius 2 is 2.05 bits per heavy atom. The van der Waals surface area contributed by atoms with Crippen molar-refractivity contribution in [1.29, 1.82) is 0 Å². The van der Waals surface area contributed by atoms with Gasteiger partial charge in [-0.15, -0.1) is 21.6 Å². The number of nitrogens with one attached hydrogen (secondary N) is 2. The van der Waals surface area contributed by atoms with Gasteiger partial charge in [-0.25, -0.2) is 19.8 Å². The van der Waals surface area contributed by atoms with E-state index in [1.807, 2.05) is 40.1 Å². The number of fused-ring (bicyclic) bond motifs is 2. The number of hydrogen-bond acceptors (Lipinski definition) is 9. The molecular weight excluding hydrogens is 520 g/mol. The summed E-state index contributed by atoms with van der Waals surface area (Å²) in [5.41, 5.74) is 1.61. The molecule has 4 aliphatic rings. The summed E-state index contributed by atoms with van der Waals surface area (Å²) in [6.45, 7) is 3.16. The molecule has 2 aromatic rings. The number of rotatable bonds is 8. The van der Waals surface area contributed by atoms with Crippen molar-refractivity contribution in [3.8, 4) is 0 Å². The summed E-state index contributed by atoms with van der Waals surface area (Å²) >= 11 is 1.21. The molecule has 0 bridgehead atoms. The molecule has 4 heterocycles. The van der Waals surface area contributed by atoms with Crippen molar-refractivity contribution in [3.05, 3.63) is 82.7 Å². The molecule has 3 amide bonds. The summed E-state index contributed by atoms with van der Waals surface area (Å²) in [5.74, 6) is -0.610. The van der Waals surface area contributed by atoms with E-state index in [-0.39, 0.29) is 17.5 Å². The van der Waals surface area contributed by atoms with Crippen LogP contribution in [0.4, 0.5) is 9.80 Å². The number of thiophene rings is 1. The van der Waals surface area contributed by atoms with Gasteiger partial charge in [0.1, 0.15) is 10.7 Å². The number of carbonyl (C=O) groups is 3. The summed E-state index contributed by atoms with van der Waals surface area (Å²) in [6.07, 6.45) is 13.5. The van der Waals surface area contributed by atoms with Crippen molar-refractivity contribution < 1.29 is 19.1 Å². The second-order valence-electron chi connectivity index (χ2n) is 9.17. The quantitative estimate of drug-likeness (QED) is 0.489. The lowest BCUT2D eigenvalue weighted by atomic mass is 9.95. The Morgan fingerprint density at radius 1 is 1.18 bits per heavy atom. The number of ketones is 1. The first-order valence-electron chi connectivity index (χ1n) is 12.7. The van der Waals surface area contributed by atoms with Crippen LogP contribution in [0.25, 0.3) is 0 Å². The zero-order chi connectivity index (χ0) is 26.8. The zero-order valence-electron chi connectivity index (χ0n) is 20.9. The number of imidazole rings is 1. The van der Waals surface area contributed by atoms with Gasteiger partial charge < -0.3 is 14.6 Å². The maximum absolute atomic E-state index is 13.7. The molecule has 1 atom stereocenters. The molecule has 200 valence electrons. The van der Waals surface area contributed by atoms with Crippen LogP contribution in [-0.2, 0) is 16.1 Å². The molecule has 1 fully saturated rings. The maximum Gasteiger partial charge on any atom is 0.343 e. The van der Waals surface area contributed by atoms with E-state index < -0.39 is 11.9 Å². The number of amides is 3. The van der Waals surface area contributed by atoms with E-state index in [1.165, 1.54) is 16.3 Å². The fraction of sp³-hybridized carbons (Fsp3) is 0.308. The van der Waals surface area contributed by atoms with Crippen LogP contribution >= 0.6 is 11.3 Å². The molecule has 2 aliphatic carbocycles. The highest BCUT2D eigenvalue weighted by molar-refractivity contribution is 7.18. The first-order valence-corrected chi connectivity index (χ1v) is 13.5. The Morgan fingerprint density at radius 3 is 2.87 bits per heavy atom. The SMILES string of the molecule is O=C(NCCCn1ccnc1)c1ccc(N(C(=O)NC2=C3C(=O)C4C=CC=CC4=C3N=N2)N2CCOCC2)s1. The molecule has 1 saturated heterocycles. The fourth-order valence-corrected chi connectivity index (χ4v) is 5.74. The average Bonchev–Trinajstić information content (AvgIpc) is 3.76. The number of urea groups is 1. The molecule has 2 aromatic heterocycles. The second-order valence-corrected chi connectivity index (χ2v) is 10.2. The Kier molecular flexibility index (Phi) is 7.00. The van der Waals surface area contributed by atoms with Crippen LogP contribution in [0.1, 0.15) is 16.1 Å². The number of morpholine rings is 1. The van der Waals surface area contributed by atoms with Crippen LogP contribution in [0.5, 0.6) is 0 Å². The van der Waals surface area contributed by atoms with Crippen LogP contribution in [0.3, 0.4) is 0 Å². The summed E-state index contributed by atoms with van der Waals surface area (Å²) in [4.78, 5) is 44.0. The zero-order valence-corrected chi connectivity index (χ0v) is 21.8. The van der Waals surface area contributed by atoms with E-state index in [0.29, 0.717) is 54.0 Å². The van der Waals surface area contributed by atoms with Gasteiger partial charge >= 0.3 is 6.03 Å². The van der Waals surface area contributed by atoms with E-state index in [4.69, 9.17) is 4.74 Å². The minimum Gasteiger partial charge on any atom is -0.379 e. The van der Waals surface area contributed by atoms with E-state index in [2.05, 4.69) is 25.8 Å². The third kappa shape index (κ3) is 4.99. The number of aromatic nitrogens is 2. The number of azo groups is 1. The Balaban J connectivity index is 1.17. The van der Waals surface area contributed by atoms with Crippen molar-refractivity contribution in [2.75, 3.05) is 37.9 Å². The summed E-state index contributed by atoms with van der Waals surface area (Å²) in [7, 11) is 0. The number of nitrogens with zero attached hydrogens (tertiary/aromatic N) is 6. The lowest BCUT2D eigenvalue weighted by molar-refractivity contribution is -0.116. The van der Waals surface area contributed by atoms with Gasteiger partial charge in [-0.2, -0.15) is 0 Å². The molecule has 0 spiro atoms. The number of hydrazine groups is 1. The summed E-state index contributed by atoms with van der Waals surface area (Å²) < 4.78 is 7.43. The van der Waals surface area contributed by atoms with Crippen LogP contribution < -0.4 is 15.6 Å². The Bertz CT molecular complexity index is 1450. The van der Waals surface area contributed by atoms with Gasteiger partial charge in [-0.05, 0) is 24.1 Å². The third-order valence-electron chi connectivity index (χ3n) is 6.70. The maximum atomic E-state index is 13.7. The molecule has 0 radical (unpaired) electrons. The van der Waals surface area contributed by atoms with Crippen LogP contribution in [0, 0.1) is 5.92 Å². The van der Waals surface area contributed by atoms with Gasteiger partial charge in [0.05, 0.1) is 35.9 Å². The third-order valence-corrected chi connectivity index (χ3v) is 7.76. The van der Waals surface area contributed by atoms with E-state index in [0.717, 1.165) is 18.5 Å². The molecule has 2 N–H and O–H groups in total. The number of hydrogen-bond donors (Lipinski definition) is 2. The monoisotopic (exact) mass is 546 g/mol. The van der Waals surface area contributed by atoms with Gasteiger partial charge in [-0.3, -0.25) is 14.9 Å². The standard InChI is InChI=1S/C26H26N8O4S/c35-23-18-5-2-1-4-17(18)22-21(23)24(31-30-22)29-26(37)34(33-12-14-38-15-13-33)20-7-6-19(39-20)25(36)28-8-3-10-32-11-9-27-16-32/h1-2,4-7,9,11,16,18H,3,8,10,12-15H2,(H,28,36)(H,29,37). The summed E-state index contributed by atoms with van der Waals surface area (Å²) in [6, 6.07) is 2.95. The Hall–Kier alpha value is -4.20. The molecular formula is C26H26N8O4S. The average molecular weight is 547 g/mol. The molecule has 0 aromatic carbocycles. The number of Topliss-reactive ketones (excluding diaryl/α,β-unsaturated/α-hetero) is 1. The molecule has 6 rings (SSSR count). The second kappa shape index (κ2) is 10.9. The van der Waals surface area contributed by atoms with Crippen molar-refractivity contribution in [3.63, 3.8) is 0 Å². The van der Waals surface area contributed by atoms with E-state index in [9.17, 15) is 14.4 Å². The number of ether oxygens (including phenoxy) is 1. The first kappa shape index (κ1) is 25.1. The largest absolute Gasteiger partial charge is 0.379 e. The van der Waals surface area contributed by atoms with Crippen LogP contribution in [0.2, 0.25) is 0 Å². The molecule has 0 saturated carbocycles. The van der Waals surface area contributed by atoms with Gasteiger partial charge in [0.15, 0.2) is 11.6 Å². The van der Waals surface area contributed by atoms with Gasteiger partial charge in [0, 0.05) is 38.6 Å². The minimum atomic E-state index is -0.493. The molecule has 39 heavy (non-hydrogen) atoms. The number of aryl methyl sites for hydroxylation is 1. The predicted molar refractivity (Wildman–Crippen MR) is 143 cm³/mol. The van der Waals surface area contributed by atoms with Gasteiger partial charge in [0.25, 0.3) is 5.91 Å². The van der Waals surface area contributed by atoms with Crippen LogP contribution in [-0.4, -0.2) is 65.1 Å². The lowest BCUT2D eigenvalue weighted by Crippen LogP contribution is -2.54. The van der Waals surface area contributed by atoms with Crippen molar-refractivity contribution in [1.82, 2.24) is 25.2 Å². The summed E-state index contributed by atoms with van der Waals surface area (Å²) in [5, 5.41) is 18.0. The molecule has 13 heteroatoms. The normalized spacial score (nSPS) is 20.0. The highest BCUT2D eigenvalue weighted by atomic mass is 32.1. The van der Waals surface area contributed by atoms with E-state index >= 15 is 0 Å². The molecule has 2 aliphatic heterocycles. The smallest absolute Gasteiger partial charge is 0.343 e. The van der Waals surface area contributed by atoms with Crippen LogP contribution in [0.15, 0.2) is 88.1 Å². The highest BCUT2D eigenvalue weighted by Gasteiger charge is 2.41.